The highest BCUT2D eigenvalue weighted by molar-refractivity contribution is 5.84. The Labute approximate surface area is 158 Å². The minimum atomic E-state index is 0.204. The molecule has 0 fully saturated rings. The van der Waals surface area contributed by atoms with Gasteiger partial charge in [-0.1, -0.05) is 30.3 Å². The molecule has 0 aliphatic carbocycles. The Hall–Kier alpha value is -3.31. The van der Waals surface area contributed by atoms with Gasteiger partial charge in [-0.15, -0.1) is 0 Å². The largest absolute Gasteiger partial charge is 0.506 e. The molecule has 0 aliphatic rings. The zero-order chi connectivity index (χ0) is 18.5. The molecule has 0 aliphatic heterocycles. The van der Waals surface area contributed by atoms with E-state index in [1.807, 2.05) is 60.7 Å². The van der Waals surface area contributed by atoms with E-state index in [2.05, 4.69) is 19.9 Å². The normalized spacial score (nSPS) is 11.1. The van der Waals surface area contributed by atoms with Gasteiger partial charge in [-0.05, 0) is 36.4 Å². The summed E-state index contributed by atoms with van der Waals surface area (Å²) in [6.07, 6.45) is 3.61. The van der Waals surface area contributed by atoms with Gasteiger partial charge >= 0.3 is 0 Å². The van der Waals surface area contributed by atoms with Crippen LogP contribution in [0.3, 0.4) is 0 Å². The number of aromatic nitrogens is 3. The number of aromatic hydroxyl groups is 1. The minimum Gasteiger partial charge on any atom is -0.506 e. The third-order valence-corrected chi connectivity index (χ3v) is 4.37. The molecule has 0 radical (unpaired) electrons. The van der Waals surface area contributed by atoms with Gasteiger partial charge < -0.3 is 5.11 Å². The number of para-hydroxylation sites is 1. The maximum atomic E-state index is 10.1. The second-order valence-corrected chi connectivity index (χ2v) is 6.44. The summed E-state index contributed by atoms with van der Waals surface area (Å²) in [5, 5.41) is 11.0. The summed E-state index contributed by atoms with van der Waals surface area (Å²) in [5.74, 6) is 0.204. The van der Waals surface area contributed by atoms with Crippen molar-refractivity contribution in [3.05, 3.63) is 96.2 Å². The molecule has 4 rings (SSSR count). The lowest BCUT2D eigenvalue weighted by Crippen LogP contribution is -2.24. The van der Waals surface area contributed by atoms with E-state index in [-0.39, 0.29) is 5.75 Å². The standard InChI is InChI=1S/C22H20N4O/c27-21-9-5-6-17-10-11-20(25-22(17)21)16-26(14-18-7-1-3-12-23-18)15-19-8-2-4-13-24-19/h1-13,27H,14-16H2. The maximum Gasteiger partial charge on any atom is 0.141 e. The predicted octanol–water partition coefficient (Wildman–Crippen LogP) is 3.93. The first-order valence-corrected chi connectivity index (χ1v) is 8.88. The van der Waals surface area contributed by atoms with Crippen LogP contribution in [0, 0.1) is 0 Å². The SMILES string of the molecule is Oc1cccc2ccc(CN(Cc3ccccn3)Cc3ccccn3)nc12. The van der Waals surface area contributed by atoms with Crippen molar-refractivity contribution in [1.29, 1.82) is 0 Å². The number of phenolic OH excluding ortho intramolecular Hbond substituents is 1. The van der Waals surface area contributed by atoms with E-state index in [1.54, 1.807) is 18.5 Å². The summed E-state index contributed by atoms with van der Waals surface area (Å²) < 4.78 is 0. The summed E-state index contributed by atoms with van der Waals surface area (Å²) >= 11 is 0. The molecule has 0 saturated carbocycles. The number of benzene rings is 1. The summed E-state index contributed by atoms with van der Waals surface area (Å²) in [4.78, 5) is 15.8. The number of phenols is 1. The second kappa shape index (κ2) is 7.93. The zero-order valence-electron chi connectivity index (χ0n) is 14.9. The molecule has 0 atom stereocenters. The molecule has 0 bridgehead atoms. The molecular weight excluding hydrogens is 336 g/mol. The predicted molar refractivity (Wildman–Crippen MR) is 105 cm³/mol. The van der Waals surface area contributed by atoms with E-state index in [9.17, 15) is 5.11 Å². The average molecular weight is 356 g/mol. The van der Waals surface area contributed by atoms with Crippen LogP contribution in [0.5, 0.6) is 5.75 Å². The Morgan fingerprint density at radius 1 is 0.667 bits per heavy atom. The van der Waals surface area contributed by atoms with Gasteiger partial charge in [0.1, 0.15) is 11.3 Å². The number of hydrogen-bond acceptors (Lipinski definition) is 5. The minimum absolute atomic E-state index is 0.204. The summed E-state index contributed by atoms with van der Waals surface area (Å²) in [6.45, 7) is 2.02. The fourth-order valence-corrected chi connectivity index (χ4v) is 3.10. The van der Waals surface area contributed by atoms with Crippen LogP contribution in [0.2, 0.25) is 0 Å². The van der Waals surface area contributed by atoms with Crippen LogP contribution < -0.4 is 0 Å². The highest BCUT2D eigenvalue weighted by atomic mass is 16.3. The third kappa shape index (κ3) is 4.27. The average Bonchev–Trinajstić information content (AvgIpc) is 2.70. The van der Waals surface area contributed by atoms with E-state index >= 15 is 0 Å². The lowest BCUT2D eigenvalue weighted by Gasteiger charge is -2.21. The molecule has 0 saturated heterocycles. The fourth-order valence-electron chi connectivity index (χ4n) is 3.10. The maximum absolute atomic E-state index is 10.1. The van der Waals surface area contributed by atoms with Crippen molar-refractivity contribution in [2.45, 2.75) is 19.6 Å². The second-order valence-electron chi connectivity index (χ2n) is 6.44. The number of nitrogens with zero attached hydrogens (tertiary/aromatic N) is 4. The number of fused-ring (bicyclic) bond motifs is 1. The van der Waals surface area contributed by atoms with Gasteiger partial charge in [0.2, 0.25) is 0 Å². The van der Waals surface area contributed by atoms with E-state index in [4.69, 9.17) is 0 Å². The van der Waals surface area contributed by atoms with Crippen LogP contribution in [-0.4, -0.2) is 25.0 Å². The Kier molecular flexibility index (Phi) is 5.03. The molecule has 0 unspecified atom stereocenters. The highest BCUT2D eigenvalue weighted by Gasteiger charge is 2.12. The molecule has 0 spiro atoms. The Morgan fingerprint density at radius 2 is 1.33 bits per heavy atom. The molecular formula is C22H20N4O. The van der Waals surface area contributed by atoms with Crippen molar-refractivity contribution in [2.24, 2.45) is 0 Å². The van der Waals surface area contributed by atoms with Crippen molar-refractivity contribution in [1.82, 2.24) is 19.9 Å². The van der Waals surface area contributed by atoms with Gasteiger partial charge in [0.15, 0.2) is 0 Å². The molecule has 0 amide bonds. The molecule has 5 heteroatoms. The van der Waals surface area contributed by atoms with E-state index in [0.29, 0.717) is 25.2 Å². The molecule has 1 N–H and O–H groups in total. The van der Waals surface area contributed by atoms with Crippen molar-refractivity contribution in [3.8, 4) is 5.75 Å². The molecule has 1 aromatic carbocycles. The number of rotatable bonds is 6. The molecule has 4 aromatic rings. The summed E-state index contributed by atoms with van der Waals surface area (Å²) in [5.41, 5.74) is 3.52. The van der Waals surface area contributed by atoms with Gasteiger partial charge in [-0.3, -0.25) is 14.9 Å². The Balaban J connectivity index is 1.61. The van der Waals surface area contributed by atoms with Crippen LogP contribution in [0.15, 0.2) is 79.1 Å². The van der Waals surface area contributed by atoms with E-state index < -0.39 is 0 Å². The number of pyridine rings is 3. The van der Waals surface area contributed by atoms with Crippen LogP contribution in [-0.2, 0) is 19.6 Å². The zero-order valence-corrected chi connectivity index (χ0v) is 14.9. The van der Waals surface area contributed by atoms with E-state index in [1.165, 1.54) is 0 Å². The molecule has 134 valence electrons. The van der Waals surface area contributed by atoms with Crippen molar-refractivity contribution in [3.63, 3.8) is 0 Å². The number of hydrogen-bond donors (Lipinski definition) is 1. The Morgan fingerprint density at radius 3 is 1.96 bits per heavy atom. The van der Waals surface area contributed by atoms with Crippen LogP contribution in [0.1, 0.15) is 17.1 Å². The van der Waals surface area contributed by atoms with Crippen LogP contribution in [0.4, 0.5) is 0 Å². The highest BCUT2D eigenvalue weighted by Crippen LogP contribution is 2.23. The van der Waals surface area contributed by atoms with Crippen LogP contribution >= 0.6 is 0 Å². The van der Waals surface area contributed by atoms with E-state index in [0.717, 1.165) is 22.5 Å². The molecule has 5 nitrogen and oxygen atoms in total. The monoisotopic (exact) mass is 356 g/mol. The van der Waals surface area contributed by atoms with Crippen molar-refractivity contribution >= 4 is 10.9 Å². The van der Waals surface area contributed by atoms with Gasteiger partial charge in [-0.25, -0.2) is 4.98 Å². The molecule has 3 heterocycles. The first-order valence-electron chi connectivity index (χ1n) is 8.88. The topological polar surface area (TPSA) is 62.1 Å². The van der Waals surface area contributed by atoms with Crippen molar-refractivity contribution in [2.75, 3.05) is 0 Å². The lowest BCUT2D eigenvalue weighted by molar-refractivity contribution is 0.239. The molecule has 27 heavy (non-hydrogen) atoms. The lowest BCUT2D eigenvalue weighted by atomic mass is 10.2. The smallest absolute Gasteiger partial charge is 0.141 e. The van der Waals surface area contributed by atoms with Crippen molar-refractivity contribution < 1.29 is 5.11 Å². The van der Waals surface area contributed by atoms with Gasteiger partial charge in [0.25, 0.3) is 0 Å². The van der Waals surface area contributed by atoms with Gasteiger partial charge in [-0.2, -0.15) is 0 Å². The Bertz CT molecular complexity index is 981. The van der Waals surface area contributed by atoms with Gasteiger partial charge in [0, 0.05) is 37.4 Å². The first-order chi connectivity index (χ1) is 13.3. The third-order valence-electron chi connectivity index (χ3n) is 4.37. The quantitative estimate of drug-likeness (QED) is 0.567. The summed E-state index contributed by atoms with van der Waals surface area (Å²) in [6, 6.07) is 21.3. The molecule has 3 aromatic heterocycles. The summed E-state index contributed by atoms with van der Waals surface area (Å²) in [7, 11) is 0. The fraction of sp³-hybridized carbons (Fsp3) is 0.136. The van der Waals surface area contributed by atoms with Gasteiger partial charge in [0.05, 0.1) is 17.1 Å². The van der Waals surface area contributed by atoms with Crippen LogP contribution in [0.25, 0.3) is 10.9 Å². The first kappa shape index (κ1) is 17.1.